The number of H-pyrrole nitrogens is 2. The number of hydrogen-bond donors (Lipinski definition) is 3. The molecule has 7 nitrogen and oxygen atoms in total. The van der Waals surface area contributed by atoms with Crippen molar-refractivity contribution >= 4 is 0 Å². The van der Waals surface area contributed by atoms with Gasteiger partial charge in [0.1, 0.15) is 17.5 Å². The number of fused-ring (bicyclic) bond motifs is 1. The monoisotopic (exact) mass is 300 g/mol. The van der Waals surface area contributed by atoms with Crippen LogP contribution in [0.4, 0.5) is 4.39 Å². The maximum absolute atomic E-state index is 13.1. The second-order valence-corrected chi connectivity index (χ2v) is 4.63. The molecule has 4 N–H and O–H groups in total. The van der Waals surface area contributed by atoms with Gasteiger partial charge in [-0.3, -0.25) is 14.8 Å². The Balaban J connectivity index is 2.32. The van der Waals surface area contributed by atoms with Crippen LogP contribution in [0.25, 0.3) is 0 Å². The molecule has 1 aliphatic heterocycles. The van der Waals surface area contributed by atoms with Crippen LogP contribution < -0.4 is 21.7 Å². The second-order valence-electron chi connectivity index (χ2n) is 4.63. The van der Waals surface area contributed by atoms with Crippen molar-refractivity contribution in [1.29, 1.82) is 5.26 Å². The molecule has 8 heteroatoms. The zero-order chi connectivity index (χ0) is 15.9. The lowest BCUT2D eigenvalue weighted by Gasteiger charge is -2.24. The minimum absolute atomic E-state index is 0.0108. The summed E-state index contributed by atoms with van der Waals surface area (Å²) in [7, 11) is 0. The summed E-state index contributed by atoms with van der Waals surface area (Å²) >= 11 is 0. The van der Waals surface area contributed by atoms with Crippen molar-refractivity contribution in [2.75, 3.05) is 0 Å². The first-order valence-electron chi connectivity index (χ1n) is 6.21. The molecule has 1 aromatic carbocycles. The van der Waals surface area contributed by atoms with Crippen LogP contribution in [-0.2, 0) is 0 Å². The number of rotatable bonds is 1. The zero-order valence-corrected chi connectivity index (χ0v) is 11.0. The molecule has 2 aromatic rings. The van der Waals surface area contributed by atoms with Gasteiger partial charge in [-0.15, -0.1) is 0 Å². The minimum Gasteiger partial charge on any atom is -0.424 e. The molecule has 3 rings (SSSR count). The van der Waals surface area contributed by atoms with Crippen molar-refractivity contribution in [3.63, 3.8) is 0 Å². The highest BCUT2D eigenvalue weighted by Crippen LogP contribution is 2.38. The molecule has 0 radical (unpaired) electrons. The van der Waals surface area contributed by atoms with E-state index in [0.717, 1.165) is 0 Å². The van der Waals surface area contributed by atoms with E-state index in [0.29, 0.717) is 5.56 Å². The van der Waals surface area contributed by atoms with Crippen LogP contribution in [0.3, 0.4) is 0 Å². The number of aromatic amines is 2. The molecule has 110 valence electrons. The van der Waals surface area contributed by atoms with E-state index >= 15 is 0 Å². The van der Waals surface area contributed by atoms with Crippen LogP contribution in [0.5, 0.6) is 5.88 Å². The normalized spacial score (nSPS) is 16.6. The fourth-order valence-corrected chi connectivity index (χ4v) is 2.38. The third kappa shape index (κ3) is 2.05. The van der Waals surface area contributed by atoms with Crippen molar-refractivity contribution in [2.45, 2.75) is 5.92 Å². The molecule has 1 atom stereocenters. The van der Waals surface area contributed by atoms with Crippen LogP contribution in [0, 0.1) is 17.1 Å². The Morgan fingerprint density at radius 3 is 2.55 bits per heavy atom. The number of nitriles is 1. The molecular formula is C14H9FN4O3. The first-order chi connectivity index (χ1) is 10.5. The predicted octanol–water partition coefficient (Wildman–Crippen LogP) is 0.420. The Hall–Kier alpha value is -3.34. The van der Waals surface area contributed by atoms with Gasteiger partial charge in [0.05, 0.1) is 11.5 Å². The second kappa shape index (κ2) is 4.89. The van der Waals surface area contributed by atoms with Gasteiger partial charge in [0.25, 0.3) is 5.56 Å². The number of aromatic nitrogens is 2. The maximum Gasteiger partial charge on any atom is 0.328 e. The Kier molecular flexibility index (Phi) is 3.03. The predicted molar refractivity (Wildman–Crippen MR) is 73.4 cm³/mol. The molecule has 0 saturated heterocycles. The van der Waals surface area contributed by atoms with Gasteiger partial charge in [-0.05, 0) is 17.7 Å². The molecule has 0 aliphatic carbocycles. The number of halogens is 1. The molecule has 0 fully saturated rings. The molecule has 22 heavy (non-hydrogen) atoms. The average Bonchev–Trinajstić information content (AvgIpc) is 2.46. The van der Waals surface area contributed by atoms with Crippen molar-refractivity contribution in [2.24, 2.45) is 5.73 Å². The van der Waals surface area contributed by atoms with Gasteiger partial charge < -0.3 is 10.5 Å². The van der Waals surface area contributed by atoms with Crippen LogP contribution in [0.15, 0.2) is 45.3 Å². The van der Waals surface area contributed by atoms with E-state index < -0.39 is 23.0 Å². The third-order valence-electron chi connectivity index (χ3n) is 3.32. The Morgan fingerprint density at radius 1 is 1.23 bits per heavy atom. The van der Waals surface area contributed by atoms with E-state index in [9.17, 15) is 19.2 Å². The summed E-state index contributed by atoms with van der Waals surface area (Å²) in [5.74, 6) is -1.65. The van der Waals surface area contributed by atoms with Crippen molar-refractivity contribution in [1.82, 2.24) is 9.97 Å². The van der Waals surface area contributed by atoms with Gasteiger partial charge in [-0.1, -0.05) is 12.1 Å². The van der Waals surface area contributed by atoms with Gasteiger partial charge in [0.2, 0.25) is 11.8 Å². The lowest BCUT2D eigenvalue weighted by atomic mass is 9.85. The van der Waals surface area contributed by atoms with Crippen LogP contribution >= 0.6 is 0 Å². The van der Waals surface area contributed by atoms with Crippen molar-refractivity contribution < 1.29 is 9.13 Å². The van der Waals surface area contributed by atoms with Gasteiger partial charge in [0, 0.05) is 0 Å². The summed E-state index contributed by atoms with van der Waals surface area (Å²) in [5, 5.41) is 9.29. The van der Waals surface area contributed by atoms with Crippen LogP contribution in [0.1, 0.15) is 17.0 Å². The van der Waals surface area contributed by atoms with Gasteiger partial charge >= 0.3 is 5.69 Å². The number of ether oxygens (including phenoxy) is 1. The average molecular weight is 300 g/mol. The number of benzene rings is 1. The van der Waals surface area contributed by atoms with Crippen molar-refractivity contribution in [3.05, 3.63) is 73.5 Å². The van der Waals surface area contributed by atoms with E-state index in [-0.39, 0.29) is 22.9 Å². The fourth-order valence-electron chi connectivity index (χ4n) is 2.38. The molecule has 0 amide bonds. The highest BCUT2D eigenvalue weighted by atomic mass is 19.1. The minimum atomic E-state index is -0.852. The molecular weight excluding hydrogens is 291 g/mol. The summed E-state index contributed by atoms with van der Waals surface area (Å²) in [4.78, 5) is 27.8. The van der Waals surface area contributed by atoms with Gasteiger partial charge in [-0.2, -0.15) is 5.26 Å². The fraction of sp³-hybridized carbons (Fsp3) is 0.0714. The number of nitrogens with zero attached hydrogens (tertiary/aromatic N) is 1. The number of nitrogens with one attached hydrogen (secondary N) is 2. The summed E-state index contributed by atoms with van der Waals surface area (Å²) < 4.78 is 18.3. The van der Waals surface area contributed by atoms with E-state index in [2.05, 4.69) is 9.97 Å². The van der Waals surface area contributed by atoms with Gasteiger partial charge in [-0.25, -0.2) is 9.18 Å². The first-order valence-corrected chi connectivity index (χ1v) is 6.21. The van der Waals surface area contributed by atoms with E-state index in [1.54, 1.807) is 0 Å². The molecule has 0 bridgehead atoms. The molecule has 0 spiro atoms. The molecule has 2 heterocycles. The summed E-state index contributed by atoms with van der Waals surface area (Å²) in [6.45, 7) is 0. The van der Waals surface area contributed by atoms with Gasteiger partial charge in [0.15, 0.2) is 0 Å². The van der Waals surface area contributed by atoms with E-state index in [4.69, 9.17) is 10.5 Å². The Bertz CT molecular complexity index is 934. The maximum atomic E-state index is 13.1. The summed E-state index contributed by atoms with van der Waals surface area (Å²) in [6, 6.07) is 7.17. The van der Waals surface area contributed by atoms with Crippen LogP contribution in [0.2, 0.25) is 0 Å². The number of hydrogen-bond acceptors (Lipinski definition) is 5. The standard InChI is InChI=1S/C14H9FN4O3/c15-7-3-1-6(2-4-7)9-8(5-16)11(17)22-13-10(9)12(20)18-14(21)19-13/h1-4,9H,17H2,(H2,18,19,20,21)/t9-/m0/s1. The molecule has 0 unspecified atom stereocenters. The lowest BCUT2D eigenvalue weighted by molar-refractivity contribution is 0.373. The van der Waals surface area contributed by atoms with E-state index in [1.807, 2.05) is 6.07 Å². The van der Waals surface area contributed by atoms with Crippen LogP contribution in [-0.4, -0.2) is 9.97 Å². The highest BCUT2D eigenvalue weighted by Gasteiger charge is 2.33. The largest absolute Gasteiger partial charge is 0.424 e. The van der Waals surface area contributed by atoms with E-state index in [1.165, 1.54) is 24.3 Å². The molecule has 1 aliphatic rings. The quantitative estimate of drug-likeness (QED) is 0.704. The smallest absolute Gasteiger partial charge is 0.328 e. The lowest BCUT2D eigenvalue weighted by Crippen LogP contribution is -2.33. The highest BCUT2D eigenvalue weighted by molar-refractivity contribution is 5.52. The number of nitrogens with two attached hydrogens (primary N) is 1. The Morgan fingerprint density at radius 2 is 1.91 bits per heavy atom. The summed E-state index contributed by atoms with van der Waals surface area (Å²) in [5.41, 5.74) is 4.76. The topological polar surface area (TPSA) is 125 Å². The molecule has 0 saturated carbocycles. The first kappa shape index (κ1) is 13.6. The summed E-state index contributed by atoms with van der Waals surface area (Å²) in [6.07, 6.45) is 0. The number of allylic oxidation sites excluding steroid dienone is 1. The SMILES string of the molecule is N#CC1=C(N)Oc2[nH]c(=O)[nH]c(=O)c2[C@H]1c1ccc(F)cc1. The Labute approximate surface area is 122 Å². The van der Waals surface area contributed by atoms with Crippen molar-refractivity contribution in [3.8, 4) is 11.9 Å². The molecule has 1 aromatic heterocycles. The zero-order valence-electron chi connectivity index (χ0n) is 11.0. The third-order valence-corrected chi connectivity index (χ3v) is 3.32.